The van der Waals surface area contributed by atoms with E-state index in [1.807, 2.05) is 0 Å². The van der Waals surface area contributed by atoms with Crippen molar-refractivity contribution in [1.29, 1.82) is 5.26 Å². The Morgan fingerprint density at radius 1 is 1.14 bits per heavy atom. The minimum atomic E-state index is -2.53. The predicted molar refractivity (Wildman–Crippen MR) is 96.7 cm³/mol. The number of rotatable bonds is 5. The molecule has 1 fully saturated rings. The molecule has 5 nitrogen and oxygen atoms in total. The average molecular weight is 389 g/mol. The van der Waals surface area contributed by atoms with E-state index in [0.717, 1.165) is 5.56 Å². The standard InChI is InChI=1S/C21H21F2NO4/c22-21(23)13-3-1-12(2-4-13)7-16-8-14(5-6-15(16)10-24)18-9-17(26)20(27)19(11-25)28-18/h1-6,8,17-21,25-27H,7,9,11H2/t17?,18-,19-,20?/m1/s1. The molecule has 0 radical (unpaired) electrons. The number of ether oxygens (including phenoxy) is 1. The smallest absolute Gasteiger partial charge is 0.263 e. The van der Waals surface area contributed by atoms with Gasteiger partial charge in [0.15, 0.2) is 0 Å². The van der Waals surface area contributed by atoms with Crippen molar-refractivity contribution in [3.63, 3.8) is 0 Å². The summed E-state index contributed by atoms with van der Waals surface area (Å²) in [6.07, 6.45) is -5.62. The number of hydrogen-bond acceptors (Lipinski definition) is 5. The maximum Gasteiger partial charge on any atom is 0.263 e. The molecule has 1 heterocycles. The van der Waals surface area contributed by atoms with Crippen LogP contribution in [0.25, 0.3) is 0 Å². The second kappa shape index (κ2) is 8.76. The number of halogens is 2. The summed E-state index contributed by atoms with van der Waals surface area (Å²) < 4.78 is 31.1. The summed E-state index contributed by atoms with van der Waals surface area (Å²) >= 11 is 0. The Hall–Kier alpha value is -2.37. The number of nitrogens with zero attached hydrogens (tertiary/aromatic N) is 1. The molecule has 3 rings (SSSR count). The Labute approximate surface area is 161 Å². The highest BCUT2D eigenvalue weighted by atomic mass is 19.3. The minimum absolute atomic E-state index is 0.0591. The van der Waals surface area contributed by atoms with E-state index in [2.05, 4.69) is 6.07 Å². The molecule has 4 atom stereocenters. The van der Waals surface area contributed by atoms with Crippen LogP contribution in [0.15, 0.2) is 42.5 Å². The molecule has 28 heavy (non-hydrogen) atoms. The van der Waals surface area contributed by atoms with Crippen molar-refractivity contribution in [3.8, 4) is 6.07 Å². The average Bonchev–Trinajstić information content (AvgIpc) is 2.70. The Bertz CT molecular complexity index is 850. The molecule has 148 valence electrons. The van der Waals surface area contributed by atoms with E-state index < -0.39 is 37.4 Å². The third-order valence-electron chi connectivity index (χ3n) is 5.00. The van der Waals surface area contributed by atoms with E-state index in [1.165, 1.54) is 12.1 Å². The maximum absolute atomic E-state index is 12.7. The highest BCUT2D eigenvalue weighted by Crippen LogP contribution is 2.33. The van der Waals surface area contributed by atoms with E-state index >= 15 is 0 Å². The molecule has 2 aromatic rings. The van der Waals surface area contributed by atoms with Gasteiger partial charge in [-0.05, 0) is 29.2 Å². The second-order valence-electron chi connectivity index (χ2n) is 6.89. The Kier molecular flexibility index (Phi) is 6.37. The fourth-order valence-electron chi connectivity index (χ4n) is 3.39. The predicted octanol–water partition coefficient (Wildman–Crippen LogP) is 2.63. The number of benzene rings is 2. The van der Waals surface area contributed by atoms with Crippen molar-refractivity contribution in [2.75, 3.05) is 6.61 Å². The summed E-state index contributed by atoms with van der Waals surface area (Å²) in [5.74, 6) is 0. The summed E-state index contributed by atoms with van der Waals surface area (Å²) in [6.45, 7) is -0.422. The van der Waals surface area contributed by atoms with Crippen LogP contribution in [0.2, 0.25) is 0 Å². The van der Waals surface area contributed by atoms with Crippen LogP contribution in [-0.2, 0) is 11.2 Å². The first-order valence-corrected chi connectivity index (χ1v) is 8.95. The summed E-state index contributed by atoms with van der Waals surface area (Å²) in [5, 5.41) is 38.6. The van der Waals surface area contributed by atoms with Gasteiger partial charge < -0.3 is 20.1 Å². The van der Waals surface area contributed by atoms with Crippen molar-refractivity contribution in [1.82, 2.24) is 0 Å². The highest BCUT2D eigenvalue weighted by molar-refractivity contribution is 5.44. The Morgan fingerprint density at radius 2 is 1.86 bits per heavy atom. The SMILES string of the molecule is N#Cc1ccc([C@H]2CC(O)C(O)[C@@H](CO)O2)cc1Cc1ccc(C(F)F)cc1. The highest BCUT2D eigenvalue weighted by Gasteiger charge is 2.37. The molecular formula is C21H21F2NO4. The van der Waals surface area contributed by atoms with Crippen molar-refractivity contribution in [2.24, 2.45) is 0 Å². The molecular weight excluding hydrogens is 368 g/mol. The fraction of sp³-hybridized carbons (Fsp3) is 0.381. The van der Waals surface area contributed by atoms with Crippen LogP contribution >= 0.6 is 0 Å². The van der Waals surface area contributed by atoms with E-state index in [-0.39, 0.29) is 12.0 Å². The number of nitriles is 1. The van der Waals surface area contributed by atoms with Crippen LogP contribution < -0.4 is 0 Å². The van der Waals surface area contributed by atoms with Gasteiger partial charge in [-0.2, -0.15) is 5.26 Å². The van der Waals surface area contributed by atoms with Gasteiger partial charge in [0.25, 0.3) is 6.43 Å². The van der Waals surface area contributed by atoms with Gasteiger partial charge in [0, 0.05) is 12.0 Å². The van der Waals surface area contributed by atoms with Crippen molar-refractivity contribution < 1.29 is 28.8 Å². The molecule has 0 aromatic heterocycles. The summed E-state index contributed by atoms with van der Waals surface area (Å²) in [6, 6.07) is 13.2. The molecule has 0 bridgehead atoms. The molecule has 3 N–H and O–H groups in total. The third kappa shape index (κ3) is 4.37. The normalized spacial score (nSPS) is 24.9. The van der Waals surface area contributed by atoms with Crippen LogP contribution in [0, 0.1) is 11.3 Å². The van der Waals surface area contributed by atoms with Crippen LogP contribution in [0.1, 0.15) is 46.8 Å². The van der Waals surface area contributed by atoms with Crippen molar-refractivity contribution >= 4 is 0 Å². The van der Waals surface area contributed by atoms with Gasteiger partial charge in [-0.15, -0.1) is 0 Å². The zero-order valence-electron chi connectivity index (χ0n) is 15.0. The van der Waals surface area contributed by atoms with Crippen LogP contribution in [0.4, 0.5) is 8.78 Å². The largest absolute Gasteiger partial charge is 0.394 e. The molecule has 0 spiro atoms. The molecule has 1 aliphatic heterocycles. The van der Waals surface area contributed by atoms with Crippen LogP contribution in [0.3, 0.4) is 0 Å². The van der Waals surface area contributed by atoms with Gasteiger partial charge in [-0.25, -0.2) is 8.78 Å². The first-order chi connectivity index (χ1) is 13.4. The first kappa shape index (κ1) is 20.4. The monoisotopic (exact) mass is 389 g/mol. The third-order valence-corrected chi connectivity index (χ3v) is 5.00. The van der Waals surface area contributed by atoms with Crippen molar-refractivity contribution in [2.45, 2.75) is 43.7 Å². The lowest BCUT2D eigenvalue weighted by atomic mass is 9.91. The van der Waals surface area contributed by atoms with Crippen LogP contribution in [-0.4, -0.2) is 40.2 Å². The van der Waals surface area contributed by atoms with Gasteiger partial charge in [0.2, 0.25) is 0 Å². The lowest BCUT2D eigenvalue weighted by Gasteiger charge is -2.36. The molecule has 0 saturated carbocycles. The van der Waals surface area contributed by atoms with E-state index in [9.17, 15) is 29.4 Å². The van der Waals surface area contributed by atoms with Crippen LogP contribution in [0.5, 0.6) is 0 Å². The lowest BCUT2D eigenvalue weighted by molar-refractivity contribution is -0.181. The lowest BCUT2D eigenvalue weighted by Crippen LogP contribution is -2.47. The van der Waals surface area contributed by atoms with E-state index in [0.29, 0.717) is 23.1 Å². The van der Waals surface area contributed by atoms with Gasteiger partial charge in [-0.3, -0.25) is 0 Å². The molecule has 0 amide bonds. The van der Waals surface area contributed by atoms with E-state index in [4.69, 9.17) is 4.74 Å². The summed E-state index contributed by atoms with van der Waals surface area (Å²) in [7, 11) is 0. The van der Waals surface area contributed by atoms with Gasteiger partial charge in [0.1, 0.15) is 12.2 Å². The van der Waals surface area contributed by atoms with E-state index in [1.54, 1.807) is 30.3 Å². The quantitative estimate of drug-likeness (QED) is 0.731. The van der Waals surface area contributed by atoms with Gasteiger partial charge in [0.05, 0.1) is 30.4 Å². The minimum Gasteiger partial charge on any atom is -0.394 e. The Morgan fingerprint density at radius 3 is 2.46 bits per heavy atom. The molecule has 0 aliphatic carbocycles. The van der Waals surface area contributed by atoms with Gasteiger partial charge >= 0.3 is 0 Å². The summed E-state index contributed by atoms with van der Waals surface area (Å²) in [4.78, 5) is 0. The number of hydrogen-bond donors (Lipinski definition) is 3. The number of aliphatic hydroxyl groups excluding tert-OH is 3. The maximum atomic E-state index is 12.7. The van der Waals surface area contributed by atoms with Crippen molar-refractivity contribution in [3.05, 3.63) is 70.3 Å². The fourth-order valence-corrected chi connectivity index (χ4v) is 3.39. The molecule has 2 unspecified atom stereocenters. The molecule has 1 aliphatic rings. The Balaban J connectivity index is 1.85. The first-order valence-electron chi connectivity index (χ1n) is 8.95. The molecule has 1 saturated heterocycles. The number of alkyl halides is 2. The number of aliphatic hydroxyl groups is 3. The zero-order valence-corrected chi connectivity index (χ0v) is 15.0. The molecule has 7 heteroatoms. The topological polar surface area (TPSA) is 93.7 Å². The molecule has 2 aromatic carbocycles. The second-order valence-corrected chi connectivity index (χ2v) is 6.89. The zero-order chi connectivity index (χ0) is 20.3. The summed E-state index contributed by atoms with van der Waals surface area (Å²) in [5.41, 5.74) is 2.59. The van der Waals surface area contributed by atoms with Gasteiger partial charge in [-0.1, -0.05) is 36.4 Å².